The second-order valence-corrected chi connectivity index (χ2v) is 6.32. The summed E-state index contributed by atoms with van der Waals surface area (Å²) in [6.07, 6.45) is 9.06. The zero-order valence-electron chi connectivity index (χ0n) is 13.0. The first-order valence-corrected chi connectivity index (χ1v) is 8.19. The Bertz CT molecular complexity index is 691. The molecule has 2 fully saturated rings. The van der Waals surface area contributed by atoms with Crippen molar-refractivity contribution >= 4 is 10.9 Å². The Morgan fingerprint density at radius 2 is 2.18 bits per heavy atom. The van der Waals surface area contributed by atoms with E-state index < -0.39 is 0 Å². The minimum Gasteiger partial charge on any atom is -0.356 e. The summed E-state index contributed by atoms with van der Waals surface area (Å²) in [5.41, 5.74) is 2.35. The van der Waals surface area contributed by atoms with E-state index in [1.807, 2.05) is 12.3 Å². The van der Waals surface area contributed by atoms with Crippen molar-refractivity contribution in [3.05, 3.63) is 54.2 Å². The van der Waals surface area contributed by atoms with Crippen LogP contribution in [-0.4, -0.2) is 29.2 Å². The lowest BCUT2D eigenvalue weighted by Gasteiger charge is -2.34. The second kappa shape index (κ2) is 5.82. The molecule has 3 heterocycles. The molecular weight excluding hydrogens is 272 g/mol. The third kappa shape index (κ3) is 2.34. The van der Waals surface area contributed by atoms with Crippen molar-refractivity contribution in [3.8, 4) is 0 Å². The van der Waals surface area contributed by atoms with Crippen LogP contribution >= 0.6 is 0 Å². The second-order valence-electron chi connectivity index (χ2n) is 6.32. The van der Waals surface area contributed by atoms with Crippen molar-refractivity contribution < 1.29 is 4.74 Å². The SMILES string of the molecule is C/C=C/C1CCN2COC(c3ccnc4ccccc34)C2C1. The number of piperidine rings is 1. The van der Waals surface area contributed by atoms with E-state index >= 15 is 0 Å². The fraction of sp³-hybridized carbons (Fsp3) is 0.421. The highest BCUT2D eigenvalue weighted by Crippen LogP contribution is 2.40. The van der Waals surface area contributed by atoms with Crippen LogP contribution < -0.4 is 0 Å². The predicted octanol–water partition coefficient (Wildman–Crippen LogP) is 3.92. The molecule has 0 spiro atoms. The number of benzene rings is 1. The lowest BCUT2D eigenvalue weighted by Crippen LogP contribution is -2.39. The fourth-order valence-corrected chi connectivity index (χ4v) is 3.95. The van der Waals surface area contributed by atoms with Crippen molar-refractivity contribution in [1.29, 1.82) is 0 Å². The van der Waals surface area contributed by atoms with Gasteiger partial charge in [0.1, 0.15) is 12.8 Å². The molecule has 2 aliphatic heterocycles. The normalized spacial score (nSPS) is 29.2. The molecule has 0 N–H and O–H groups in total. The van der Waals surface area contributed by atoms with Gasteiger partial charge in [0.15, 0.2) is 0 Å². The summed E-state index contributed by atoms with van der Waals surface area (Å²) < 4.78 is 6.19. The minimum atomic E-state index is 0.168. The molecule has 0 amide bonds. The third-order valence-electron chi connectivity index (χ3n) is 5.02. The van der Waals surface area contributed by atoms with Gasteiger partial charge in [0.2, 0.25) is 0 Å². The summed E-state index contributed by atoms with van der Waals surface area (Å²) in [4.78, 5) is 6.98. The number of rotatable bonds is 2. The van der Waals surface area contributed by atoms with Gasteiger partial charge in [-0.25, -0.2) is 0 Å². The van der Waals surface area contributed by atoms with E-state index in [9.17, 15) is 0 Å². The van der Waals surface area contributed by atoms with E-state index in [0.717, 1.165) is 18.8 Å². The summed E-state index contributed by atoms with van der Waals surface area (Å²) in [6.45, 7) is 4.01. The smallest absolute Gasteiger partial charge is 0.101 e. The largest absolute Gasteiger partial charge is 0.356 e. The van der Waals surface area contributed by atoms with Gasteiger partial charge in [0, 0.05) is 24.2 Å². The van der Waals surface area contributed by atoms with Crippen LogP contribution in [0.5, 0.6) is 0 Å². The van der Waals surface area contributed by atoms with Crippen LogP contribution in [0.4, 0.5) is 0 Å². The van der Waals surface area contributed by atoms with Gasteiger partial charge in [-0.05, 0) is 43.4 Å². The summed E-state index contributed by atoms with van der Waals surface area (Å²) in [5.74, 6) is 0.684. The molecule has 114 valence electrons. The standard InChI is InChI=1S/C19H22N2O/c1-2-5-14-9-11-21-13-22-19(18(21)12-14)16-8-10-20-17-7-4-3-6-15(16)17/h2-8,10,14,18-19H,9,11-13H2,1H3/b5-2+. The number of aromatic nitrogens is 1. The van der Waals surface area contributed by atoms with Crippen molar-refractivity contribution in [2.75, 3.05) is 13.3 Å². The quantitative estimate of drug-likeness (QED) is 0.785. The maximum Gasteiger partial charge on any atom is 0.101 e. The van der Waals surface area contributed by atoms with Crippen molar-refractivity contribution in [1.82, 2.24) is 9.88 Å². The van der Waals surface area contributed by atoms with E-state index in [0.29, 0.717) is 12.0 Å². The summed E-state index contributed by atoms with van der Waals surface area (Å²) >= 11 is 0. The molecule has 2 aliphatic rings. The molecule has 0 aliphatic carbocycles. The zero-order valence-corrected chi connectivity index (χ0v) is 13.0. The van der Waals surface area contributed by atoms with Gasteiger partial charge in [-0.15, -0.1) is 0 Å². The molecule has 1 aromatic heterocycles. The minimum absolute atomic E-state index is 0.168. The number of hydrogen-bond acceptors (Lipinski definition) is 3. The molecule has 2 aromatic rings. The monoisotopic (exact) mass is 294 g/mol. The Morgan fingerprint density at radius 1 is 1.27 bits per heavy atom. The molecule has 2 saturated heterocycles. The zero-order chi connectivity index (χ0) is 14.9. The lowest BCUT2D eigenvalue weighted by molar-refractivity contribution is 0.0902. The first-order chi connectivity index (χ1) is 10.9. The molecule has 0 radical (unpaired) electrons. The Hall–Kier alpha value is -1.71. The number of allylic oxidation sites excluding steroid dienone is 2. The maximum absolute atomic E-state index is 6.19. The number of ether oxygens (including phenoxy) is 1. The van der Waals surface area contributed by atoms with Crippen LogP contribution in [-0.2, 0) is 4.74 Å². The van der Waals surface area contributed by atoms with Gasteiger partial charge in [-0.2, -0.15) is 0 Å². The molecule has 3 nitrogen and oxygen atoms in total. The van der Waals surface area contributed by atoms with E-state index in [2.05, 4.69) is 53.2 Å². The third-order valence-corrected chi connectivity index (χ3v) is 5.02. The molecule has 3 atom stereocenters. The topological polar surface area (TPSA) is 25.4 Å². The molecule has 3 unspecified atom stereocenters. The van der Waals surface area contributed by atoms with Crippen LogP contribution in [0.15, 0.2) is 48.7 Å². The van der Waals surface area contributed by atoms with Crippen LogP contribution in [0.3, 0.4) is 0 Å². The Kier molecular flexibility index (Phi) is 3.68. The molecule has 0 saturated carbocycles. The van der Waals surface area contributed by atoms with Crippen molar-refractivity contribution in [2.24, 2.45) is 5.92 Å². The number of pyridine rings is 1. The first kappa shape index (κ1) is 13.9. The Labute approximate surface area is 131 Å². The van der Waals surface area contributed by atoms with Gasteiger partial charge in [0.25, 0.3) is 0 Å². The van der Waals surface area contributed by atoms with Gasteiger partial charge in [-0.1, -0.05) is 30.4 Å². The van der Waals surface area contributed by atoms with Crippen molar-refractivity contribution in [2.45, 2.75) is 31.9 Å². The van der Waals surface area contributed by atoms with Crippen LogP contribution in [0.2, 0.25) is 0 Å². The Balaban J connectivity index is 1.69. The average molecular weight is 294 g/mol. The first-order valence-electron chi connectivity index (χ1n) is 8.19. The Morgan fingerprint density at radius 3 is 3.09 bits per heavy atom. The lowest BCUT2D eigenvalue weighted by atomic mass is 9.86. The predicted molar refractivity (Wildman–Crippen MR) is 88.5 cm³/mol. The highest BCUT2D eigenvalue weighted by atomic mass is 16.5. The highest BCUT2D eigenvalue weighted by Gasteiger charge is 2.40. The summed E-state index contributed by atoms with van der Waals surface area (Å²) in [5, 5.41) is 1.23. The van der Waals surface area contributed by atoms with Gasteiger partial charge < -0.3 is 4.74 Å². The fourth-order valence-electron chi connectivity index (χ4n) is 3.95. The maximum atomic E-state index is 6.19. The number of fused-ring (bicyclic) bond motifs is 2. The van der Waals surface area contributed by atoms with Crippen LogP contribution in [0.1, 0.15) is 31.4 Å². The van der Waals surface area contributed by atoms with E-state index in [1.54, 1.807) is 0 Å². The van der Waals surface area contributed by atoms with Crippen molar-refractivity contribution in [3.63, 3.8) is 0 Å². The van der Waals surface area contributed by atoms with Crippen LogP contribution in [0.25, 0.3) is 10.9 Å². The molecule has 0 bridgehead atoms. The number of nitrogens with zero attached hydrogens (tertiary/aromatic N) is 2. The summed E-state index contributed by atoms with van der Waals surface area (Å²) in [7, 11) is 0. The van der Waals surface area contributed by atoms with E-state index in [1.165, 1.54) is 23.8 Å². The summed E-state index contributed by atoms with van der Waals surface area (Å²) in [6, 6.07) is 11.0. The van der Waals surface area contributed by atoms with E-state index in [-0.39, 0.29) is 6.10 Å². The molecule has 3 heteroatoms. The molecule has 22 heavy (non-hydrogen) atoms. The van der Waals surface area contributed by atoms with Gasteiger partial charge in [-0.3, -0.25) is 9.88 Å². The van der Waals surface area contributed by atoms with Gasteiger partial charge in [0.05, 0.1) is 5.52 Å². The number of para-hydroxylation sites is 1. The van der Waals surface area contributed by atoms with E-state index in [4.69, 9.17) is 4.74 Å². The average Bonchev–Trinajstić information content (AvgIpc) is 2.98. The van der Waals surface area contributed by atoms with Crippen LogP contribution in [0, 0.1) is 5.92 Å². The molecule has 1 aromatic carbocycles. The molecular formula is C19H22N2O. The number of hydrogen-bond donors (Lipinski definition) is 0. The highest BCUT2D eigenvalue weighted by molar-refractivity contribution is 5.82. The van der Waals surface area contributed by atoms with Gasteiger partial charge >= 0.3 is 0 Å². The molecule has 4 rings (SSSR count).